The van der Waals surface area contributed by atoms with E-state index in [1.807, 2.05) is 0 Å². The highest BCUT2D eigenvalue weighted by molar-refractivity contribution is 9.10. The number of anilines is 1. The molecule has 0 aromatic carbocycles. The highest BCUT2D eigenvalue weighted by Gasteiger charge is 2.16. The van der Waals surface area contributed by atoms with E-state index in [-0.39, 0.29) is 11.3 Å². The number of nitrogen functional groups attached to an aromatic ring is 1. The summed E-state index contributed by atoms with van der Waals surface area (Å²) in [5.74, 6) is 0. The zero-order valence-corrected chi connectivity index (χ0v) is 9.57. The second-order valence-corrected chi connectivity index (χ2v) is 3.64. The second kappa shape index (κ2) is 4.32. The summed E-state index contributed by atoms with van der Waals surface area (Å²) in [5, 5.41) is 0.396. The van der Waals surface area contributed by atoms with E-state index in [2.05, 4.69) is 36.8 Å². The van der Waals surface area contributed by atoms with E-state index in [1.54, 1.807) is 0 Å². The van der Waals surface area contributed by atoms with E-state index in [4.69, 9.17) is 5.73 Å². The zero-order valence-electron chi connectivity index (χ0n) is 6.40. The van der Waals surface area contributed by atoms with Crippen molar-refractivity contribution in [1.82, 2.24) is 4.98 Å². The monoisotopic (exact) mass is 314 g/mol. The lowest BCUT2D eigenvalue weighted by atomic mass is 10.2. The molecule has 0 spiro atoms. The van der Waals surface area contributed by atoms with Gasteiger partial charge < -0.3 is 5.73 Å². The summed E-state index contributed by atoms with van der Waals surface area (Å²) < 4.78 is 25.1. The maximum absolute atomic E-state index is 12.3. The molecule has 13 heavy (non-hydrogen) atoms. The Labute approximate surface area is 90.8 Å². The number of alkyl halides is 3. The number of nitrogens with zero attached hydrogens (tertiary/aromatic N) is 1. The molecule has 0 unspecified atom stereocenters. The van der Waals surface area contributed by atoms with Gasteiger partial charge in [-0.1, -0.05) is 15.9 Å². The number of nitrogens with two attached hydrogens (primary N) is 1. The van der Waals surface area contributed by atoms with E-state index < -0.39 is 6.43 Å². The fourth-order valence-corrected chi connectivity index (χ4v) is 2.26. The molecule has 2 nitrogen and oxygen atoms in total. The van der Waals surface area contributed by atoms with Crippen molar-refractivity contribution < 1.29 is 8.78 Å². The smallest absolute Gasteiger partial charge is 0.267 e. The average Bonchev–Trinajstić information content (AvgIpc) is 2.04. The summed E-state index contributed by atoms with van der Waals surface area (Å²) >= 11 is 6.27. The fourth-order valence-electron chi connectivity index (χ4n) is 0.860. The molecule has 1 heterocycles. The maximum Gasteiger partial charge on any atom is 0.267 e. The van der Waals surface area contributed by atoms with Gasteiger partial charge in [0.15, 0.2) is 0 Å². The summed E-state index contributed by atoms with van der Waals surface area (Å²) in [4.78, 5) is 3.76. The number of rotatable bonds is 2. The van der Waals surface area contributed by atoms with Gasteiger partial charge in [-0.15, -0.1) is 0 Å². The van der Waals surface area contributed by atoms with E-state index in [0.29, 0.717) is 15.5 Å². The minimum Gasteiger partial charge on any atom is -0.398 e. The SMILES string of the molecule is Nc1c(C(F)F)cnc(Br)c1CBr. The van der Waals surface area contributed by atoms with Crippen molar-refractivity contribution in [2.45, 2.75) is 11.8 Å². The lowest BCUT2D eigenvalue weighted by molar-refractivity contribution is 0.151. The van der Waals surface area contributed by atoms with Crippen molar-refractivity contribution in [2.75, 3.05) is 5.73 Å². The van der Waals surface area contributed by atoms with Gasteiger partial charge in [0.05, 0.1) is 5.56 Å². The molecule has 72 valence electrons. The third kappa shape index (κ3) is 2.17. The molecule has 1 rings (SSSR count). The van der Waals surface area contributed by atoms with Gasteiger partial charge in [0.1, 0.15) is 4.60 Å². The molecule has 0 aliphatic heterocycles. The zero-order chi connectivity index (χ0) is 10.0. The van der Waals surface area contributed by atoms with Crippen LogP contribution in [0.5, 0.6) is 0 Å². The van der Waals surface area contributed by atoms with Crippen LogP contribution < -0.4 is 5.73 Å². The Morgan fingerprint density at radius 1 is 1.54 bits per heavy atom. The first-order valence-electron chi connectivity index (χ1n) is 3.34. The molecule has 0 amide bonds. The van der Waals surface area contributed by atoms with Crippen LogP contribution in [0.3, 0.4) is 0 Å². The van der Waals surface area contributed by atoms with Gasteiger partial charge in [-0.2, -0.15) is 0 Å². The minimum absolute atomic E-state index is 0.0914. The van der Waals surface area contributed by atoms with E-state index in [9.17, 15) is 8.78 Å². The van der Waals surface area contributed by atoms with Crippen molar-refractivity contribution in [1.29, 1.82) is 0 Å². The van der Waals surface area contributed by atoms with Crippen molar-refractivity contribution in [3.8, 4) is 0 Å². The predicted molar refractivity (Wildman–Crippen MR) is 53.9 cm³/mol. The predicted octanol–water partition coefficient (Wildman–Crippen LogP) is 3.26. The van der Waals surface area contributed by atoms with Crippen molar-refractivity contribution >= 4 is 37.5 Å². The quantitative estimate of drug-likeness (QED) is 0.672. The van der Waals surface area contributed by atoms with Gasteiger partial charge in [0, 0.05) is 22.8 Å². The number of hydrogen-bond acceptors (Lipinski definition) is 2. The van der Waals surface area contributed by atoms with Gasteiger partial charge in [-0.3, -0.25) is 0 Å². The molecule has 0 saturated heterocycles. The molecule has 0 fully saturated rings. The first kappa shape index (κ1) is 10.8. The van der Waals surface area contributed by atoms with Crippen LogP contribution in [0.4, 0.5) is 14.5 Å². The standard InChI is InChI=1S/C7H6Br2F2N2/c8-1-3-5(12)4(7(10)11)2-13-6(3)9/h2,7H,1H2,(H2,12,13). The highest BCUT2D eigenvalue weighted by Crippen LogP contribution is 2.31. The average molecular weight is 316 g/mol. The Bertz CT molecular complexity index is 318. The van der Waals surface area contributed by atoms with Crippen LogP contribution in [-0.4, -0.2) is 4.98 Å². The van der Waals surface area contributed by atoms with Gasteiger partial charge in [-0.05, 0) is 15.9 Å². The first-order valence-corrected chi connectivity index (χ1v) is 5.26. The van der Waals surface area contributed by atoms with Gasteiger partial charge in [0.25, 0.3) is 6.43 Å². The van der Waals surface area contributed by atoms with Crippen LogP contribution in [0.2, 0.25) is 0 Å². The highest BCUT2D eigenvalue weighted by atomic mass is 79.9. The number of halogens is 4. The van der Waals surface area contributed by atoms with Crippen LogP contribution in [0.1, 0.15) is 17.6 Å². The minimum atomic E-state index is -2.58. The fraction of sp³-hybridized carbons (Fsp3) is 0.286. The third-order valence-electron chi connectivity index (χ3n) is 1.57. The molecule has 1 aromatic rings. The summed E-state index contributed by atoms with van der Waals surface area (Å²) in [6.07, 6.45) is -1.51. The van der Waals surface area contributed by atoms with Crippen LogP contribution >= 0.6 is 31.9 Å². The Hall–Kier alpha value is -0.230. The number of aromatic nitrogens is 1. The molecular formula is C7H6Br2F2N2. The molecule has 0 bridgehead atoms. The molecular weight excluding hydrogens is 310 g/mol. The van der Waals surface area contributed by atoms with Gasteiger partial charge >= 0.3 is 0 Å². The Morgan fingerprint density at radius 3 is 2.62 bits per heavy atom. The van der Waals surface area contributed by atoms with Crippen molar-refractivity contribution in [3.05, 3.63) is 21.9 Å². The molecule has 0 aliphatic carbocycles. The lowest BCUT2D eigenvalue weighted by Crippen LogP contribution is -2.01. The van der Waals surface area contributed by atoms with Crippen LogP contribution in [0.25, 0.3) is 0 Å². The molecule has 2 N–H and O–H groups in total. The normalized spacial score (nSPS) is 10.8. The van der Waals surface area contributed by atoms with Crippen LogP contribution in [0, 0.1) is 0 Å². The van der Waals surface area contributed by atoms with Crippen LogP contribution in [-0.2, 0) is 5.33 Å². The maximum atomic E-state index is 12.3. The first-order chi connectivity index (χ1) is 6.07. The van der Waals surface area contributed by atoms with Gasteiger partial charge in [0.2, 0.25) is 0 Å². The van der Waals surface area contributed by atoms with Crippen LogP contribution in [0.15, 0.2) is 10.8 Å². The Kier molecular flexibility index (Phi) is 3.61. The largest absolute Gasteiger partial charge is 0.398 e. The van der Waals surface area contributed by atoms with E-state index >= 15 is 0 Å². The summed E-state index contributed by atoms with van der Waals surface area (Å²) in [6.45, 7) is 0. The molecule has 0 saturated carbocycles. The summed E-state index contributed by atoms with van der Waals surface area (Å²) in [5.41, 5.74) is 5.94. The number of hydrogen-bond donors (Lipinski definition) is 1. The molecule has 0 radical (unpaired) electrons. The van der Waals surface area contributed by atoms with E-state index in [0.717, 1.165) is 6.20 Å². The summed E-state index contributed by atoms with van der Waals surface area (Å²) in [6, 6.07) is 0. The molecule has 1 aromatic heterocycles. The van der Waals surface area contributed by atoms with Gasteiger partial charge in [-0.25, -0.2) is 13.8 Å². The number of pyridine rings is 1. The van der Waals surface area contributed by atoms with Crippen molar-refractivity contribution in [3.63, 3.8) is 0 Å². The lowest BCUT2D eigenvalue weighted by Gasteiger charge is -2.09. The van der Waals surface area contributed by atoms with Crippen molar-refractivity contribution in [2.24, 2.45) is 0 Å². The molecule has 0 aliphatic rings. The van der Waals surface area contributed by atoms with E-state index in [1.165, 1.54) is 0 Å². The topological polar surface area (TPSA) is 38.9 Å². The third-order valence-corrected chi connectivity index (χ3v) is 2.81. The molecule has 6 heteroatoms. The molecule has 0 atom stereocenters. The second-order valence-electron chi connectivity index (χ2n) is 2.33. The Morgan fingerprint density at radius 2 is 2.15 bits per heavy atom. The summed E-state index contributed by atoms with van der Waals surface area (Å²) in [7, 11) is 0. The Balaban J connectivity index is 3.27.